The molecule has 0 amide bonds. The lowest BCUT2D eigenvalue weighted by Gasteiger charge is -2.18. The van der Waals surface area contributed by atoms with Crippen LogP contribution in [-0.4, -0.2) is 37.2 Å². The van der Waals surface area contributed by atoms with Gasteiger partial charge in [-0.1, -0.05) is 0 Å². The molecule has 0 saturated carbocycles. The SMILES string of the molecule is COc1cc(C)[nH]c(=O)c1CCC(=O)c1c(C)n(C(C)Cn2cccn2)c2cnccc12. The highest BCUT2D eigenvalue weighted by Gasteiger charge is 2.23. The molecule has 4 rings (SSSR count). The van der Waals surface area contributed by atoms with Crippen molar-refractivity contribution in [3.05, 3.63) is 75.9 Å². The van der Waals surface area contributed by atoms with Crippen molar-refractivity contribution >= 4 is 16.7 Å². The summed E-state index contributed by atoms with van der Waals surface area (Å²) in [6, 6.07) is 5.63. The Morgan fingerprint density at radius 1 is 1.28 bits per heavy atom. The number of fused-ring (bicyclic) bond motifs is 1. The maximum Gasteiger partial charge on any atom is 0.255 e. The van der Waals surface area contributed by atoms with E-state index >= 15 is 0 Å². The smallest absolute Gasteiger partial charge is 0.255 e. The van der Waals surface area contributed by atoms with Crippen LogP contribution < -0.4 is 10.3 Å². The zero-order valence-corrected chi connectivity index (χ0v) is 18.8. The van der Waals surface area contributed by atoms with E-state index in [2.05, 4.69) is 26.6 Å². The van der Waals surface area contributed by atoms with Gasteiger partial charge in [0.1, 0.15) is 5.75 Å². The van der Waals surface area contributed by atoms with E-state index in [1.807, 2.05) is 29.9 Å². The van der Waals surface area contributed by atoms with Crippen LogP contribution in [0.2, 0.25) is 0 Å². The minimum Gasteiger partial charge on any atom is -0.496 e. The summed E-state index contributed by atoms with van der Waals surface area (Å²) >= 11 is 0. The molecule has 0 radical (unpaired) electrons. The summed E-state index contributed by atoms with van der Waals surface area (Å²) in [5, 5.41) is 5.18. The number of hydrogen-bond donors (Lipinski definition) is 1. The number of Topliss-reactive ketones (excluding diaryl/α,β-unsaturated/α-hetero) is 1. The summed E-state index contributed by atoms with van der Waals surface area (Å²) in [5.74, 6) is 0.501. The van der Waals surface area contributed by atoms with Gasteiger partial charge in [0.05, 0.1) is 37.0 Å². The molecule has 166 valence electrons. The maximum atomic E-state index is 13.4. The molecule has 32 heavy (non-hydrogen) atoms. The second-order valence-electron chi connectivity index (χ2n) is 8.05. The van der Waals surface area contributed by atoms with E-state index in [1.165, 1.54) is 7.11 Å². The molecule has 0 spiro atoms. The van der Waals surface area contributed by atoms with Crippen molar-refractivity contribution in [1.82, 2.24) is 24.3 Å². The molecule has 1 unspecified atom stereocenters. The van der Waals surface area contributed by atoms with E-state index in [9.17, 15) is 9.59 Å². The van der Waals surface area contributed by atoms with E-state index < -0.39 is 0 Å². The van der Waals surface area contributed by atoms with Gasteiger partial charge in [-0.3, -0.25) is 19.3 Å². The number of aromatic amines is 1. The highest BCUT2D eigenvalue weighted by molar-refractivity contribution is 6.09. The van der Waals surface area contributed by atoms with Crippen molar-refractivity contribution in [3.8, 4) is 5.75 Å². The number of pyridine rings is 2. The first-order chi connectivity index (χ1) is 15.4. The fraction of sp³-hybridized carbons (Fsp3) is 0.333. The van der Waals surface area contributed by atoms with Gasteiger partial charge in [-0.15, -0.1) is 0 Å². The number of rotatable bonds is 8. The summed E-state index contributed by atoms with van der Waals surface area (Å²) in [7, 11) is 1.53. The number of aromatic nitrogens is 5. The maximum absolute atomic E-state index is 13.4. The van der Waals surface area contributed by atoms with Gasteiger partial charge >= 0.3 is 0 Å². The quantitative estimate of drug-likeness (QED) is 0.428. The molecule has 4 heterocycles. The van der Waals surface area contributed by atoms with Crippen molar-refractivity contribution < 1.29 is 9.53 Å². The van der Waals surface area contributed by atoms with Crippen molar-refractivity contribution in [2.75, 3.05) is 7.11 Å². The van der Waals surface area contributed by atoms with E-state index in [0.717, 1.165) is 22.3 Å². The van der Waals surface area contributed by atoms with Crippen molar-refractivity contribution in [2.45, 2.75) is 46.2 Å². The number of H-pyrrole nitrogens is 1. The summed E-state index contributed by atoms with van der Waals surface area (Å²) in [5.41, 5.74) is 3.48. The Hall–Kier alpha value is -3.68. The van der Waals surface area contributed by atoms with Crippen LogP contribution in [0.25, 0.3) is 10.9 Å². The molecule has 8 heteroatoms. The zero-order valence-electron chi connectivity index (χ0n) is 18.8. The molecular weight excluding hydrogens is 406 g/mol. The van der Waals surface area contributed by atoms with Crippen LogP contribution in [-0.2, 0) is 13.0 Å². The average molecular weight is 434 g/mol. The molecule has 8 nitrogen and oxygen atoms in total. The van der Waals surface area contributed by atoms with E-state index in [4.69, 9.17) is 4.74 Å². The number of ketones is 1. The lowest BCUT2D eigenvalue weighted by atomic mass is 10.0. The standard InChI is InChI=1S/C24H27N5O3/c1-15-12-22(32-4)19(24(31)27-15)6-7-21(30)23-17(3)29(20-13-25-10-8-18(20)23)16(2)14-28-11-5-9-26-28/h5,8-13,16H,6-7,14H2,1-4H3,(H,27,31). The monoisotopic (exact) mass is 433 g/mol. The fourth-order valence-corrected chi connectivity index (χ4v) is 4.43. The van der Waals surface area contributed by atoms with Crippen molar-refractivity contribution in [2.24, 2.45) is 0 Å². The summed E-state index contributed by atoms with van der Waals surface area (Å²) < 4.78 is 9.40. The van der Waals surface area contributed by atoms with E-state index in [0.29, 0.717) is 29.8 Å². The number of hydrogen-bond acceptors (Lipinski definition) is 5. The molecule has 0 saturated heterocycles. The number of ether oxygens (including phenoxy) is 1. The third kappa shape index (κ3) is 3.95. The topological polar surface area (TPSA) is 94.8 Å². The predicted molar refractivity (Wildman–Crippen MR) is 122 cm³/mol. The number of methoxy groups -OCH3 is 1. The van der Waals surface area contributed by atoms with Crippen LogP contribution in [0.1, 0.15) is 46.7 Å². The molecular formula is C24H27N5O3. The normalized spacial score (nSPS) is 12.2. The molecule has 0 fully saturated rings. The zero-order chi connectivity index (χ0) is 22.8. The molecule has 4 aromatic rings. The lowest BCUT2D eigenvalue weighted by molar-refractivity contribution is 0.0983. The summed E-state index contributed by atoms with van der Waals surface area (Å²) in [6.45, 7) is 6.55. The van der Waals surface area contributed by atoms with Gasteiger partial charge in [-0.25, -0.2) is 0 Å². The van der Waals surface area contributed by atoms with Crippen LogP contribution in [0.15, 0.2) is 47.8 Å². The molecule has 4 aromatic heterocycles. The number of carbonyl (C=O) groups is 1. The Labute approximate surface area is 185 Å². The summed E-state index contributed by atoms with van der Waals surface area (Å²) in [4.78, 5) is 32.9. The van der Waals surface area contributed by atoms with Gasteiger partial charge in [-0.05, 0) is 45.4 Å². The van der Waals surface area contributed by atoms with Gasteiger partial charge in [0, 0.05) is 47.3 Å². The average Bonchev–Trinajstić information content (AvgIpc) is 3.37. The fourth-order valence-electron chi connectivity index (χ4n) is 4.43. The molecule has 0 aliphatic carbocycles. The minimum atomic E-state index is -0.217. The second-order valence-corrected chi connectivity index (χ2v) is 8.05. The minimum absolute atomic E-state index is 0.00855. The molecule has 1 N–H and O–H groups in total. The third-order valence-electron chi connectivity index (χ3n) is 5.83. The molecule has 0 aromatic carbocycles. The predicted octanol–water partition coefficient (Wildman–Crippen LogP) is 3.62. The summed E-state index contributed by atoms with van der Waals surface area (Å²) in [6.07, 6.45) is 7.69. The highest BCUT2D eigenvalue weighted by Crippen LogP contribution is 2.30. The second kappa shape index (κ2) is 8.82. The van der Waals surface area contributed by atoms with Crippen molar-refractivity contribution in [1.29, 1.82) is 0 Å². The van der Waals surface area contributed by atoms with Gasteiger partial charge in [-0.2, -0.15) is 5.10 Å². The van der Waals surface area contributed by atoms with E-state index in [-0.39, 0.29) is 23.8 Å². The van der Waals surface area contributed by atoms with Crippen LogP contribution in [0.3, 0.4) is 0 Å². The Morgan fingerprint density at radius 3 is 2.81 bits per heavy atom. The van der Waals surface area contributed by atoms with Gasteiger partial charge in [0.25, 0.3) is 5.56 Å². The first-order valence-corrected chi connectivity index (χ1v) is 10.6. The van der Waals surface area contributed by atoms with Crippen LogP contribution in [0.5, 0.6) is 5.75 Å². The van der Waals surface area contributed by atoms with Gasteiger partial charge in [0.2, 0.25) is 0 Å². The van der Waals surface area contributed by atoms with Gasteiger partial charge in [0.15, 0.2) is 5.78 Å². The molecule has 0 bridgehead atoms. The number of nitrogens with one attached hydrogen (secondary N) is 1. The van der Waals surface area contributed by atoms with Crippen molar-refractivity contribution in [3.63, 3.8) is 0 Å². The Balaban J connectivity index is 1.67. The first-order valence-electron chi connectivity index (χ1n) is 10.6. The highest BCUT2D eigenvalue weighted by atomic mass is 16.5. The van der Waals surface area contributed by atoms with E-state index in [1.54, 1.807) is 31.6 Å². The number of nitrogens with zero attached hydrogens (tertiary/aromatic N) is 4. The van der Waals surface area contributed by atoms with Crippen LogP contribution in [0, 0.1) is 13.8 Å². The number of aryl methyl sites for hydroxylation is 1. The third-order valence-corrected chi connectivity index (χ3v) is 5.83. The van der Waals surface area contributed by atoms with Crippen LogP contribution >= 0.6 is 0 Å². The molecule has 0 aliphatic heterocycles. The van der Waals surface area contributed by atoms with Crippen LogP contribution in [0.4, 0.5) is 0 Å². The van der Waals surface area contributed by atoms with Gasteiger partial charge < -0.3 is 14.3 Å². The molecule has 0 aliphatic rings. The first kappa shape index (κ1) is 21.5. The Morgan fingerprint density at radius 2 is 2.09 bits per heavy atom. The molecule has 1 atom stereocenters. The number of carbonyl (C=O) groups excluding carboxylic acids is 1. The largest absolute Gasteiger partial charge is 0.496 e. The lowest BCUT2D eigenvalue weighted by Crippen LogP contribution is -2.17. The Kier molecular flexibility index (Phi) is 5.94. The Bertz CT molecular complexity index is 1320.